The highest BCUT2D eigenvalue weighted by molar-refractivity contribution is 7.89. The molecule has 0 heterocycles. The van der Waals surface area contributed by atoms with Gasteiger partial charge in [-0.05, 0) is 17.7 Å². The SMILES string of the molecule is COC(=O)C1C(c2ccc(S(N)(=O)=O)cc2)C1(Cl)Cl. The van der Waals surface area contributed by atoms with Crippen molar-refractivity contribution in [3.63, 3.8) is 0 Å². The van der Waals surface area contributed by atoms with Crippen LogP contribution in [0.1, 0.15) is 11.5 Å². The lowest BCUT2D eigenvalue weighted by molar-refractivity contribution is -0.142. The molecule has 1 aromatic carbocycles. The maximum Gasteiger partial charge on any atom is 0.312 e. The number of alkyl halides is 2. The lowest BCUT2D eigenvalue weighted by Gasteiger charge is -2.02. The Labute approximate surface area is 120 Å². The van der Waals surface area contributed by atoms with Gasteiger partial charge >= 0.3 is 5.97 Å². The summed E-state index contributed by atoms with van der Waals surface area (Å²) in [5.41, 5.74) is 0.660. The van der Waals surface area contributed by atoms with Gasteiger partial charge in [0.1, 0.15) is 10.3 Å². The zero-order valence-corrected chi connectivity index (χ0v) is 12.2. The molecule has 0 aliphatic heterocycles. The van der Waals surface area contributed by atoms with Crippen LogP contribution in [0, 0.1) is 5.92 Å². The van der Waals surface area contributed by atoms with E-state index in [2.05, 4.69) is 4.74 Å². The van der Waals surface area contributed by atoms with Crippen molar-refractivity contribution in [2.24, 2.45) is 11.1 Å². The number of rotatable bonds is 3. The number of sulfonamides is 1. The van der Waals surface area contributed by atoms with Gasteiger partial charge in [0.15, 0.2) is 0 Å². The monoisotopic (exact) mass is 323 g/mol. The van der Waals surface area contributed by atoms with Crippen LogP contribution in [0.5, 0.6) is 0 Å². The van der Waals surface area contributed by atoms with Crippen molar-refractivity contribution in [1.82, 2.24) is 0 Å². The number of benzene rings is 1. The molecule has 0 spiro atoms. The fourth-order valence-corrected chi connectivity index (χ4v) is 3.35. The zero-order chi connectivity index (χ0) is 14.4. The third-order valence-corrected chi connectivity index (χ3v) is 4.95. The Morgan fingerprint density at radius 2 is 1.84 bits per heavy atom. The van der Waals surface area contributed by atoms with Crippen LogP contribution in [0.3, 0.4) is 0 Å². The number of hydrogen-bond acceptors (Lipinski definition) is 4. The molecular formula is C11H11Cl2NO4S. The van der Waals surface area contributed by atoms with Crippen molar-refractivity contribution < 1.29 is 17.9 Å². The number of nitrogens with two attached hydrogens (primary N) is 1. The van der Waals surface area contributed by atoms with E-state index in [1.54, 1.807) is 0 Å². The van der Waals surface area contributed by atoms with Gasteiger partial charge in [-0.2, -0.15) is 0 Å². The molecule has 0 radical (unpaired) electrons. The van der Waals surface area contributed by atoms with Crippen LogP contribution in [0.4, 0.5) is 0 Å². The first-order valence-corrected chi connectivity index (χ1v) is 7.58. The van der Waals surface area contributed by atoms with Crippen LogP contribution in [-0.4, -0.2) is 25.8 Å². The normalized spacial score (nSPS) is 24.8. The second-order valence-electron chi connectivity index (χ2n) is 4.27. The molecule has 1 aliphatic rings. The van der Waals surface area contributed by atoms with Crippen LogP contribution in [0.15, 0.2) is 29.2 Å². The molecule has 0 saturated heterocycles. The van der Waals surface area contributed by atoms with Crippen molar-refractivity contribution in [3.8, 4) is 0 Å². The van der Waals surface area contributed by atoms with Gasteiger partial charge in [0.25, 0.3) is 0 Å². The van der Waals surface area contributed by atoms with E-state index >= 15 is 0 Å². The summed E-state index contributed by atoms with van der Waals surface area (Å²) < 4.78 is 25.6. The van der Waals surface area contributed by atoms with E-state index in [1.165, 1.54) is 31.4 Å². The van der Waals surface area contributed by atoms with E-state index in [0.29, 0.717) is 5.56 Å². The topological polar surface area (TPSA) is 86.5 Å². The van der Waals surface area contributed by atoms with E-state index in [4.69, 9.17) is 28.3 Å². The summed E-state index contributed by atoms with van der Waals surface area (Å²) in [4.78, 5) is 11.5. The molecule has 104 valence electrons. The third-order valence-electron chi connectivity index (χ3n) is 3.08. The molecule has 2 N–H and O–H groups in total. The second-order valence-corrected chi connectivity index (χ2v) is 7.27. The number of methoxy groups -OCH3 is 1. The molecule has 0 amide bonds. The summed E-state index contributed by atoms with van der Waals surface area (Å²) in [7, 11) is -2.49. The average molecular weight is 324 g/mol. The maximum absolute atomic E-state index is 11.5. The Bertz CT molecular complexity index is 612. The molecule has 19 heavy (non-hydrogen) atoms. The first-order valence-electron chi connectivity index (χ1n) is 5.28. The molecule has 1 aliphatic carbocycles. The van der Waals surface area contributed by atoms with Crippen LogP contribution in [0.2, 0.25) is 0 Å². The van der Waals surface area contributed by atoms with Crippen LogP contribution in [-0.2, 0) is 19.6 Å². The lowest BCUT2D eigenvalue weighted by atomic mass is 10.1. The molecule has 8 heteroatoms. The van der Waals surface area contributed by atoms with Gasteiger partial charge in [0.05, 0.1) is 12.0 Å². The van der Waals surface area contributed by atoms with E-state index in [1.807, 2.05) is 0 Å². The Kier molecular flexibility index (Phi) is 3.55. The van der Waals surface area contributed by atoms with Crippen LogP contribution >= 0.6 is 23.2 Å². The van der Waals surface area contributed by atoms with Gasteiger partial charge in [-0.3, -0.25) is 4.79 Å². The minimum absolute atomic E-state index is 0.0127. The van der Waals surface area contributed by atoms with Gasteiger partial charge in [-0.25, -0.2) is 13.6 Å². The van der Waals surface area contributed by atoms with Crippen molar-refractivity contribution in [3.05, 3.63) is 29.8 Å². The molecule has 1 aromatic rings. The van der Waals surface area contributed by atoms with Gasteiger partial charge < -0.3 is 4.74 Å². The summed E-state index contributed by atoms with van der Waals surface area (Å²) in [5.74, 6) is -1.57. The molecule has 5 nitrogen and oxygen atoms in total. The van der Waals surface area contributed by atoms with Gasteiger partial charge in [-0.1, -0.05) is 35.3 Å². The predicted molar refractivity (Wildman–Crippen MR) is 70.5 cm³/mol. The Morgan fingerprint density at radius 1 is 1.32 bits per heavy atom. The van der Waals surface area contributed by atoms with Gasteiger partial charge in [0, 0.05) is 5.92 Å². The summed E-state index contributed by atoms with van der Waals surface area (Å²) in [5, 5.41) is 4.99. The Hall–Kier alpha value is -0.820. The van der Waals surface area contributed by atoms with Gasteiger partial charge in [0.2, 0.25) is 10.0 Å². The minimum atomic E-state index is -3.75. The molecule has 2 atom stereocenters. The van der Waals surface area contributed by atoms with E-state index in [0.717, 1.165) is 0 Å². The fraction of sp³-hybridized carbons (Fsp3) is 0.364. The minimum Gasteiger partial charge on any atom is -0.469 e. The highest BCUT2D eigenvalue weighted by Gasteiger charge is 2.68. The summed E-state index contributed by atoms with van der Waals surface area (Å²) in [6, 6.07) is 5.77. The number of esters is 1. The highest BCUT2D eigenvalue weighted by atomic mass is 35.5. The first kappa shape index (κ1) is 14.6. The van der Waals surface area contributed by atoms with Crippen LogP contribution < -0.4 is 5.14 Å². The number of ether oxygens (including phenoxy) is 1. The van der Waals surface area contributed by atoms with Gasteiger partial charge in [-0.15, -0.1) is 0 Å². The summed E-state index contributed by atoms with van der Waals surface area (Å²) in [6.45, 7) is 0. The first-order chi connectivity index (χ1) is 8.69. The van der Waals surface area contributed by atoms with Crippen molar-refractivity contribution in [1.29, 1.82) is 0 Å². The molecule has 2 unspecified atom stereocenters. The summed E-state index contributed by atoms with van der Waals surface area (Å²) in [6.07, 6.45) is 0. The van der Waals surface area contributed by atoms with Crippen molar-refractivity contribution in [2.45, 2.75) is 15.1 Å². The number of carbonyl (C=O) groups excluding carboxylic acids is 1. The average Bonchev–Trinajstić information content (AvgIpc) is 2.90. The largest absolute Gasteiger partial charge is 0.469 e. The number of halogens is 2. The maximum atomic E-state index is 11.5. The Morgan fingerprint density at radius 3 is 2.26 bits per heavy atom. The van der Waals surface area contributed by atoms with E-state index < -0.39 is 32.2 Å². The number of primary sulfonamides is 1. The van der Waals surface area contributed by atoms with Crippen molar-refractivity contribution in [2.75, 3.05) is 7.11 Å². The number of carbonyl (C=O) groups is 1. The molecular weight excluding hydrogens is 313 g/mol. The fourth-order valence-electron chi connectivity index (χ4n) is 2.03. The standard InChI is InChI=1S/C11H11Cl2NO4S/c1-18-10(15)9-8(11(9,12)13)6-2-4-7(5-3-6)19(14,16)17/h2-5,8-9H,1H3,(H2,14,16,17). The third kappa shape index (κ3) is 2.58. The Balaban J connectivity index is 2.28. The molecule has 0 bridgehead atoms. The lowest BCUT2D eigenvalue weighted by Crippen LogP contribution is -2.11. The van der Waals surface area contributed by atoms with E-state index in [-0.39, 0.29) is 4.90 Å². The van der Waals surface area contributed by atoms with E-state index in [9.17, 15) is 13.2 Å². The second kappa shape index (κ2) is 4.63. The van der Waals surface area contributed by atoms with Crippen molar-refractivity contribution >= 4 is 39.2 Å². The molecule has 0 aromatic heterocycles. The summed E-state index contributed by atoms with van der Waals surface area (Å²) >= 11 is 12.1. The molecule has 2 rings (SSSR count). The predicted octanol–water partition coefficient (Wildman–Crippen LogP) is 1.39. The zero-order valence-electron chi connectivity index (χ0n) is 9.84. The number of hydrogen-bond donors (Lipinski definition) is 1. The molecule has 1 fully saturated rings. The smallest absolute Gasteiger partial charge is 0.312 e. The van der Waals surface area contributed by atoms with Crippen LogP contribution in [0.25, 0.3) is 0 Å². The quantitative estimate of drug-likeness (QED) is 0.672. The highest BCUT2D eigenvalue weighted by Crippen LogP contribution is 2.65. The molecule has 1 saturated carbocycles.